The molecule has 2 rings (SSSR count). The molecule has 1 saturated heterocycles. The van der Waals surface area contributed by atoms with E-state index in [9.17, 15) is 13.2 Å². The molecule has 0 aliphatic carbocycles. The topological polar surface area (TPSA) is 41.0 Å². The Labute approximate surface area is 103 Å². The Morgan fingerprint density at radius 2 is 2.11 bits per heavy atom. The summed E-state index contributed by atoms with van der Waals surface area (Å²) in [6, 6.07) is 0.217. The van der Waals surface area contributed by atoms with Crippen LogP contribution in [0.5, 0.6) is 0 Å². The number of nitrogens with zero attached hydrogens (tertiary/aromatic N) is 3. The number of alkyl halides is 3. The van der Waals surface area contributed by atoms with Crippen LogP contribution in [-0.2, 0) is 6.18 Å². The van der Waals surface area contributed by atoms with Crippen LogP contribution in [0.3, 0.4) is 0 Å². The Kier molecular flexibility index (Phi) is 3.70. The second-order valence-electron chi connectivity index (χ2n) is 4.53. The lowest BCUT2D eigenvalue weighted by Crippen LogP contribution is -2.39. The molecular formula is C11H15F3N4. The maximum absolute atomic E-state index is 12.3. The average Bonchev–Trinajstić information content (AvgIpc) is 2.28. The number of hydrogen-bond acceptors (Lipinski definition) is 4. The fourth-order valence-electron chi connectivity index (χ4n) is 2.04. The molecule has 0 bridgehead atoms. The molecule has 1 aliphatic rings. The minimum absolute atomic E-state index is 0.217. The van der Waals surface area contributed by atoms with Gasteiger partial charge in [0.1, 0.15) is 5.82 Å². The lowest BCUT2D eigenvalue weighted by molar-refractivity contribution is -0.141. The third-order valence-corrected chi connectivity index (χ3v) is 2.92. The number of nitrogens with one attached hydrogen (secondary N) is 1. The third kappa shape index (κ3) is 3.32. The largest absolute Gasteiger partial charge is 0.434 e. The summed E-state index contributed by atoms with van der Waals surface area (Å²) >= 11 is 0. The van der Waals surface area contributed by atoms with Crippen LogP contribution in [0.4, 0.5) is 19.0 Å². The number of anilines is 1. The Hall–Kier alpha value is -1.37. The van der Waals surface area contributed by atoms with Crippen LogP contribution in [0, 0.1) is 0 Å². The van der Waals surface area contributed by atoms with Gasteiger partial charge >= 0.3 is 6.18 Å². The first-order valence-corrected chi connectivity index (χ1v) is 5.79. The Morgan fingerprint density at radius 3 is 2.67 bits per heavy atom. The van der Waals surface area contributed by atoms with Crippen molar-refractivity contribution in [2.45, 2.75) is 25.1 Å². The van der Waals surface area contributed by atoms with Crippen molar-refractivity contribution in [3.63, 3.8) is 0 Å². The molecule has 1 aromatic heterocycles. The van der Waals surface area contributed by atoms with Crippen molar-refractivity contribution in [3.05, 3.63) is 18.1 Å². The van der Waals surface area contributed by atoms with Crippen molar-refractivity contribution in [2.75, 3.05) is 25.5 Å². The molecule has 1 aliphatic heterocycles. The molecule has 18 heavy (non-hydrogen) atoms. The molecule has 1 N–H and O–H groups in total. The van der Waals surface area contributed by atoms with Gasteiger partial charge < -0.3 is 10.2 Å². The van der Waals surface area contributed by atoms with Crippen molar-refractivity contribution in [1.29, 1.82) is 0 Å². The maximum atomic E-state index is 12.3. The molecule has 1 unspecified atom stereocenters. The smallest absolute Gasteiger partial charge is 0.365 e. The highest BCUT2D eigenvalue weighted by atomic mass is 19.4. The number of likely N-dealkylation sites (N-methyl/N-ethyl adjacent to an activating group) is 1. The molecule has 1 fully saturated rings. The molecule has 0 radical (unpaired) electrons. The van der Waals surface area contributed by atoms with Crippen LogP contribution in [0.1, 0.15) is 18.5 Å². The monoisotopic (exact) mass is 260 g/mol. The molecule has 1 atom stereocenters. The summed E-state index contributed by atoms with van der Waals surface area (Å²) in [5, 5.41) is 3.11. The first kappa shape index (κ1) is 13.1. The number of hydrogen-bond donors (Lipinski definition) is 1. The highest BCUT2D eigenvalue weighted by Crippen LogP contribution is 2.27. The van der Waals surface area contributed by atoms with Crippen LogP contribution >= 0.6 is 0 Å². The van der Waals surface area contributed by atoms with Gasteiger partial charge in [0.25, 0.3) is 0 Å². The predicted octanol–water partition coefficient (Wildman–Crippen LogP) is 2.00. The summed E-state index contributed by atoms with van der Waals surface area (Å²) in [6.07, 6.45) is -0.474. The van der Waals surface area contributed by atoms with Gasteiger partial charge in [0.2, 0.25) is 0 Å². The summed E-state index contributed by atoms with van der Waals surface area (Å²) in [4.78, 5) is 9.30. The van der Waals surface area contributed by atoms with Crippen LogP contribution in [0.25, 0.3) is 0 Å². The van der Waals surface area contributed by atoms with Gasteiger partial charge in [-0.05, 0) is 26.4 Å². The molecule has 0 saturated carbocycles. The lowest BCUT2D eigenvalue weighted by Gasteiger charge is -2.30. The molecule has 100 valence electrons. The Morgan fingerprint density at radius 1 is 1.33 bits per heavy atom. The zero-order valence-electron chi connectivity index (χ0n) is 10.0. The Balaban J connectivity index is 1.98. The number of halogens is 3. The molecule has 0 spiro atoms. The molecule has 2 heterocycles. The fraction of sp³-hybridized carbons (Fsp3) is 0.636. The zero-order valence-corrected chi connectivity index (χ0v) is 10.0. The van der Waals surface area contributed by atoms with Crippen LogP contribution < -0.4 is 5.32 Å². The fourth-order valence-corrected chi connectivity index (χ4v) is 2.04. The van der Waals surface area contributed by atoms with Gasteiger partial charge in [0.15, 0.2) is 5.69 Å². The van der Waals surface area contributed by atoms with Crippen molar-refractivity contribution >= 4 is 5.82 Å². The quantitative estimate of drug-likeness (QED) is 0.883. The van der Waals surface area contributed by atoms with Gasteiger partial charge in [-0.2, -0.15) is 13.2 Å². The highest BCUT2D eigenvalue weighted by molar-refractivity contribution is 5.33. The predicted molar refractivity (Wildman–Crippen MR) is 61.2 cm³/mol. The van der Waals surface area contributed by atoms with Crippen molar-refractivity contribution in [1.82, 2.24) is 14.9 Å². The minimum Gasteiger partial charge on any atom is -0.365 e. The van der Waals surface area contributed by atoms with Gasteiger partial charge in [0, 0.05) is 12.6 Å². The van der Waals surface area contributed by atoms with Crippen LogP contribution in [-0.4, -0.2) is 41.0 Å². The van der Waals surface area contributed by atoms with Gasteiger partial charge in [-0.1, -0.05) is 0 Å². The number of aromatic nitrogens is 2. The summed E-state index contributed by atoms with van der Waals surface area (Å²) < 4.78 is 36.9. The average molecular weight is 260 g/mol. The van der Waals surface area contributed by atoms with E-state index in [-0.39, 0.29) is 6.04 Å². The van der Waals surface area contributed by atoms with E-state index < -0.39 is 11.9 Å². The van der Waals surface area contributed by atoms with Gasteiger partial charge in [-0.15, -0.1) is 0 Å². The van der Waals surface area contributed by atoms with E-state index in [1.807, 2.05) is 7.05 Å². The summed E-state index contributed by atoms with van der Waals surface area (Å²) in [5.41, 5.74) is -0.964. The van der Waals surface area contributed by atoms with Gasteiger partial charge in [-0.25, -0.2) is 9.97 Å². The van der Waals surface area contributed by atoms with E-state index in [1.165, 1.54) is 0 Å². The van der Waals surface area contributed by atoms with E-state index in [0.29, 0.717) is 5.82 Å². The second kappa shape index (κ2) is 5.09. The number of rotatable bonds is 2. The van der Waals surface area contributed by atoms with Gasteiger partial charge in [-0.3, -0.25) is 0 Å². The SMILES string of the molecule is CN1CCCC(Nc2cnc(C(F)(F)F)cn2)C1. The molecule has 7 heteroatoms. The summed E-state index contributed by atoms with van der Waals surface area (Å²) in [5.74, 6) is 0.392. The number of piperidine rings is 1. The molecule has 0 amide bonds. The molecule has 1 aromatic rings. The third-order valence-electron chi connectivity index (χ3n) is 2.92. The van der Waals surface area contributed by atoms with Crippen molar-refractivity contribution < 1.29 is 13.2 Å². The maximum Gasteiger partial charge on any atom is 0.434 e. The first-order valence-electron chi connectivity index (χ1n) is 5.79. The van der Waals surface area contributed by atoms with Crippen molar-refractivity contribution in [2.24, 2.45) is 0 Å². The van der Waals surface area contributed by atoms with E-state index >= 15 is 0 Å². The summed E-state index contributed by atoms with van der Waals surface area (Å²) in [7, 11) is 2.02. The van der Waals surface area contributed by atoms with Gasteiger partial charge in [0.05, 0.1) is 12.4 Å². The first-order chi connectivity index (χ1) is 8.45. The zero-order chi connectivity index (χ0) is 13.2. The standard InChI is InChI=1S/C11H15F3N4/c1-18-4-2-3-8(7-18)17-10-6-15-9(5-16-10)11(12,13)14/h5-6,8H,2-4,7H2,1H3,(H,16,17). The molecule has 4 nitrogen and oxygen atoms in total. The van der Waals surface area contributed by atoms with E-state index in [1.54, 1.807) is 0 Å². The van der Waals surface area contributed by atoms with Crippen molar-refractivity contribution in [3.8, 4) is 0 Å². The number of likely N-dealkylation sites (tertiary alicyclic amines) is 1. The van der Waals surface area contributed by atoms with E-state index in [0.717, 1.165) is 38.3 Å². The van der Waals surface area contributed by atoms with E-state index in [4.69, 9.17) is 0 Å². The highest BCUT2D eigenvalue weighted by Gasteiger charge is 2.32. The normalized spacial score (nSPS) is 21.9. The minimum atomic E-state index is -4.43. The van der Waals surface area contributed by atoms with E-state index in [2.05, 4.69) is 20.2 Å². The second-order valence-corrected chi connectivity index (χ2v) is 4.53. The molecule has 0 aromatic carbocycles. The Bertz CT molecular complexity index is 390. The lowest BCUT2D eigenvalue weighted by atomic mass is 10.1. The molecular weight excluding hydrogens is 245 g/mol. The summed E-state index contributed by atoms with van der Waals surface area (Å²) in [6.45, 7) is 1.92. The van der Waals surface area contributed by atoms with Crippen LogP contribution in [0.2, 0.25) is 0 Å². The van der Waals surface area contributed by atoms with Crippen LogP contribution in [0.15, 0.2) is 12.4 Å².